The van der Waals surface area contributed by atoms with Crippen molar-refractivity contribution in [3.05, 3.63) is 29.3 Å². The average Bonchev–Trinajstić information content (AvgIpc) is 2.42. The van der Waals surface area contributed by atoms with Crippen molar-refractivity contribution in [2.24, 2.45) is 0 Å². The van der Waals surface area contributed by atoms with E-state index in [1.165, 1.54) is 5.56 Å². The summed E-state index contributed by atoms with van der Waals surface area (Å²) >= 11 is 0. The van der Waals surface area contributed by atoms with E-state index in [1.54, 1.807) is 0 Å². The molecule has 4 nitrogen and oxygen atoms in total. The number of benzene rings is 1. The third-order valence-electron chi connectivity index (χ3n) is 3.56. The normalized spacial score (nSPS) is 17.4. The Morgan fingerprint density at radius 3 is 2.70 bits per heavy atom. The van der Waals surface area contributed by atoms with Gasteiger partial charge in [0.2, 0.25) is 0 Å². The number of morpholine rings is 1. The molecular weight excluding hydrogens is 278 g/mol. The fraction of sp³-hybridized carbons (Fsp3) is 0.600. The van der Waals surface area contributed by atoms with Crippen molar-refractivity contribution in [3.63, 3.8) is 0 Å². The van der Waals surface area contributed by atoms with E-state index in [0.717, 1.165) is 37.6 Å². The van der Waals surface area contributed by atoms with Gasteiger partial charge in [0.25, 0.3) is 0 Å². The van der Waals surface area contributed by atoms with Crippen LogP contribution in [0.5, 0.6) is 5.75 Å². The smallest absolute Gasteiger partial charge is 0.122 e. The molecule has 1 heterocycles. The van der Waals surface area contributed by atoms with Gasteiger partial charge in [-0.2, -0.15) is 0 Å². The van der Waals surface area contributed by atoms with E-state index >= 15 is 0 Å². The van der Waals surface area contributed by atoms with Crippen LogP contribution in [0.4, 0.5) is 0 Å². The number of ether oxygens (including phenoxy) is 2. The summed E-state index contributed by atoms with van der Waals surface area (Å²) in [4.78, 5) is 2.21. The number of aryl methyl sites for hydroxylation is 1. The molecule has 0 radical (unpaired) electrons. The Hall–Kier alpha value is -0.810. The minimum atomic E-state index is -0.460. The minimum Gasteiger partial charge on any atom is -0.491 e. The summed E-state index contributed by atoms with van der Waals surface area (Å²) in [6, 6.07) is 5.99. The number of hydrogen-bond acceptors (Lipinski definition) is 4. The maximum atomic E-state index is 10.0. The highest BCUT2D eigenvalue weighted by molar-refractivity contribution is 5.85. The molecule has 114 valence electrons. The van der Waals surface area contributed by atoms with Crippen molar-refractivity contribution in [2.45, 2.75) is 20.0 Å². The number of hydrogen-bond donors (Lipinski definition) is 1. The number of aliphatic hydroxyl groups excluding tert-OH is 1. The lowest BCUT2D eigenvalue weighted by molar-refractivity contribution is 0.00459. The predicted octanol–water partition coefficient (Wildman–Crippen LogP) is 1.80. The minimum absolute atomic E-state index is 0. The summed E-state index contributed by atoms with van der Waals surface area (Å²) in [7, 11) is 0. The van der Waals surface area contributed by atoms with E-state index < -0.39 is 6.10 Å². The Balaban J connectivity index is 0.00000200. The lowest BCUT2D eigenvalue weighted by atomic mass is 10.1. The quantitative estimate of drug-likeness (QED) is 0.900. The molecule has 0 aromatic heterocycles. The van der Waals surface area contributed by atoms with E-state index in [2.05, 4.69) is 17.9 Å². The molecule has 0 bridgehead atoms. The highest BCUT2D eigenvalue weighted by Gasteiger charge is 2.15. The molecule has 1 atom stereocenters. The second kappa shape index (κ2) is 8.47. The van der Waals surface area contributed by atoms with Crippen LogP contribution in [-0.2, 0) is 4.74 Å². The Bertz CT molecular complexity index is 408. The molecule has 5 heteroatoms. The Labute approximate surface area is 127 Å². The molecule has 1 saturated heterocycles. The van der Waals surface area contributed by atoms with Gasteiger partial charge in [0.05, 0.1) is 13.2 Å². The van der Waals surface area contributed by atoms with Crippen molar-refractivity contribution >= 4 is 12.4 Å². The average molecular weight is 302 g/mol. The van der Waals surface area contributed by atoms with Crippen LogP contribution in [0.15, 0.2) is 18.2 Å². The van der Waals surface area contributed by atoms with E-state index in [9.17, 15) is 5.11 Å². The number of rotatable bonds is 5. The molecule has 1 aromatic rings. The molecule has 1 unspecified atom stereocenters. The summed E-state index contributed by atoms with van der Waals surface area (Å²) in [5, 5.41) is 10.0. The molecule has 1 fully saturated rings. The second-order valence-corrected chi connectivity index (χ2v) is 5.08. The third kappa shape index (κ3) is 4.94. The van der Waals surface area contributed by atoms with Crippen LogP contribution < -0.4 is 4.74 Å². The number of nitrogens with zero attached hydrogens (tertiary/aromatic N) is 1. The molecule has 1 aromatic carbocycles. The predicted molar refractivity (Wildman–Crippen MR) is 81.9 cm³/mol. The van der Waals surface area contributed by atoms with Gasteiger partial charge in [0.1, 0.15) is 18.5 Å². The van der Waals surface area contributed by atoms with Gasteiger partial charge in [-0.15, -0.1) is 12.4 Å². The number of β-amino-alcohol motifs (C(OH)–C–C–N with tert-alkyl or cyclic N) is 1. The standard InChI is InChI=1S/C15H23NO3.ClH/c1-12-4-3-5-15(13(12)2)19-11-14(17)10-16-6-8-18-9-7-16;/h3-5,14,17H,6-11H2,1-2H3;1H. The molecule has 0 amide bonds. The van der Waals surface area contributed by atoms with Crippen LogP contribution >= 0.6 is 12.4 Å². The fourth-order valence-corrected chi connectivity index (χ4v) is 2.20. The van der Waals surface area contributed by atoms with E-state index in [4.69, 9.17) is 9.47 Å². The molecule has 0 spiro atoms. The first-order valence-electron chi connectivity index (χ1n) is 6.84. The lowest BCUT2D eigenvalue weighted by Crippen LogP contribution is -2.42. The maximum Gasteiger partial charge on any atom is 0.122 e. The summed E-state index contributed by atoms with van der Waals surface area (Å²) in [6.45, 7) is 8.37. The van der Waals surface area contributed by atoms with Crippen molar-refractivity contribution < 1.29 is 14.6 Å². The Morgan fingerprint density at radius 2 is 2.00 bits per heavy atom. The molecule has 20 heavy (non-hydrogen) atoms. The zero-order valence-electron chi connectivity index (χ0n) is 12.2. The molecule has 1 N–H and O–H groups in total. The first-order valence-corrected chi connectivity index (χ1v) is 6.84. The van der Waals surface area contributed by atoms with Gasteiger partial charge in [0.15, 0.2) is 0 Å². The van der Waals surface area contributed by atoms with Crippen molar-refractivity contribution in [2.75, 3.05) is 39.5 Å². The van der Waals surface area contributed by atoms with Gasteiger partial charge in [-0.3, -0.25) is 4.90 Å². The van der Waals surface area contributed by atoms with Gasteiger partial charge in [-0.25, -0.2) is 0 Å². The number of halogens is 1. The Kier molecular flexibility index (Phi) is 7.30. The molecule has 1 aliphatic heterocycles. The van der Waals surface area contributed by atoms with Crippen molar-refractivity contribution in [1.29, 1.82) is 0 Å². The van der Waals surface area contributed by atoms with Gasteiger partial charge in [-0.1, -0.05) is 12.1 Å². The van der Waals surface area contributed by atoms with E-state index in [0.29, 0.717) is 13.2 Å². The van der Waals surface area contributed by atoms with Crippen LogP contribution in [0.3, 0.4) is 0 Å². The highest BCUT2D eigenvalue weighted by atomic mass is 35.5. The first kappa shape index (κ1) is 17.2. The molecule has 1 aliphatic rings. The van der Waals surface area contributed by atoms with Gasteiger partial charge in [0, 0.05) is 19.6 Å². The zero-order chi connectivity index (χ0) is 13.7. The third-order valence-corrected chi connectivity index (χ3v) is 3.56. The Morgan fingerprint density at radius 1 is 1.30 bits per heavy atom. The molecule has 0 saturated carbocycles. The van der Waals surface area contributed by atoms with Gasteiger partial charge < -0.3 is 14.6 Å². The van der Waals surface area contributed by atoms with Crippen LogP contribution in [0.2, 0.25) is 0 Å². The highest BCUT2D eigenvalue weighted by Crippen LogP contribution is 2.20. The van der Waals surface area contributed by atoms with Crippen LogP contribution in [0, 0.1) is 13.8 Å². The summed E-state index contributed by atoms with van der Waals surface area (Å²) in [6.07, 6.45) is -0.460. The number of aliphatic hydroxyl groups is 1. The molecule has 0 aliphatic carbocycles. The second-order valence-electron chi connectivity index (χ2n) is 5.08. The van der Waals surface area contributed by atoms with E-state index in [-0.39, 0.29) is 12.4 Å². The zero-order valence-corrected chi connectivity index (χ0v) is 13.0. The summed E-state index contributed by atoms with van der Waals surface area (Å²) in [5.74, 6) is 0.862. The maximum absolute atomic E-state index is 10.0. The molecular formula is C15H24ClNO3. The van der Waals surface area contributed by atoms with E-state index in [1.807, 2.05) is 19.1 Å². The van der Waals surface area contributed by atoms with Gasteiger partial charge >= 0.3 is 0 Å². The monoisotopic (exact) mass is 301 g/mol. The van der Waals surface area contributed by atoms with Gasteiger partial charge in [-0.05, 0) is 31.0 Å². The van der Waals surface area contributed by atoms with Crippen molar-refractivity contribution in [1.82, 2.24) is 4.90 Å². The lowest BCUT2D eigenvalue weighted by Gasteiger charge is -2.28. The largest absolute Gasteiger partial charge is 0.491 e. The van der Waals surface area contributed by atoms with Crippen LogP contribution in [-0.4, -0.2) is 55.6 Å². The van der Waals surface area contributed by atoms with Crippen LogP contribution in [0.25, 0.3) is 0 Å². The van der Waals surface area contributed by atoms with Crippen LogP contribution in [0.1, 0.15) is 11.1 Å². The topological polar surface area (TPSA) is 41.9 Å². The first-order chi connectivity index (χ1) is 9.16. The molecule has 2 rings (SSSR count). The SMILES string of the molecule is Cc1cccc(OCC(O)CN2CCOCC2)c1C.Cl. The summed E-state index contributed by atoms with van der Waals surface area (Å²) < 4.78 is 11.0. The fourth-order valence-electron chi connectivity index (χ4n) is 2.20. The summed E-state index contributed by atoms with van der Waals surface area (Å²) in [5.41, 5.74) is 2.35. The van der Waals surface area contributed by atoms with Crippen molar-refractivity contribution in [3.8, 4) is 5.75 Å².